The summed E-state index contributed by atoms with van der Waals surface area (Å²) in [4.78, 5) is 0. The summed E-state index contributed by atoms with van der Waals surface area (Å²) in [5.74, 6) is 0. The molecule has 96 valence electrons. The van der Waals surface area contributed by atoms with Crippen LogP contribution in [0.3, 0.4) is 0 Å². The molecule has 0 aromatic heterocycles. The van der Waals surface area contributed by atoms with Crippen LogP contribution in [-0.4, -0.2) is 13.2 Å². The van der Waals surface area contributed by atoms with Gasteiger partial charge in [-0.2, -0.15) is 0 Å². The third kappa shape index (κ3) is 3.67. The van der Waals surface area contributed by atoms with Crippen LogP contribution in [0.4, 0.5) is 0 Å². The Hall–Kier alpha value is -0.630. The Kier molecular flexibility index (Phi) is 5.38. The van der Waals surface area contributed by atoms with Gasteiger partial charge >= 0.3 is 7.60 Å². The quantitative estimate of drug-likeness (QED) is 0.731. The molecular formula is C13H21O3P. The molecule has 0 atom stereocenters. The van der Waals surface area contributed by atoms with Crippen LogP contribution in [0.15, 0.2) is 18.2 Å². The molecule has 17 heavy (non-hydrogen) atoms. The molecule has 1 aromatic rings. The average Bonchev–Trinajstić information content (AvgIpc) is 2.28. The van der Waals surface area contributed by atoms with E-state index in [2.05, 4.69) is 13.0 Å². The van der Waals surface area contributed by atoms with E-state index in [1.165, 1.54) is 0 Å². The summed E-state index contributed by atoms with van der Waals surface area (Å²) in [6.45, 7) is 8.47. The minimum Gasteiger partial charge on any atom is -0.305 e. The normalized spacial score (nSPS) is 11.8. The van der Waals surface area contributed by atoms with Gasteiger partial charge in [0.2, 0.25) is 0 Å². The highest BCUT2D eigenvalue weighted by Crippen LogP contribution is 2.47. The molecule has 0 bridgehead atoms. The van der Waals surface area contributed by atoms with Gasteiger partial charge in [0.1, 0.15) is 0 Å². The molecule has 0 spiro atoms. The molecule has 0 fully saturated rings. The number of hydrogen-bond acceptors (Lipinski definition) is 3. The summed E-state index contributed by atoms with van der Waals surface area (Å²) >= 11 is 0. The second-order valence-electron chi connectivity index (χ2n) is 3.86. The van der Waals surface area contributed by atoms with Crippen LogP contribution in [0.5, 0.6) is 0 Å². The smallest absolute Gasteiger partial charge is 0.305 e. The summed E-state index contributed by atoms with van der Waals surface area (Å²) < 4.78 is 23.3. The van der Waals surface area contributed by atoms with Gasteiger partial charge in [0.25, 0.3) is 0 Å². The van der Waals surface area contributed by atoms with Crippen LogP contribution in [-0.2, 0) is 20.0 Å². The Labute approximate surface area is 104 Å². The SMILES string of the molecule is CCOP(=O)(OCC)c1cc(C)cc(CC)c1. The Morgan fingerprint density at radius 1 is 1.06 bits per heavy atom. The lowest BCUT2D eigenvalue weighted by Gasteiger charge is -2.18. The molecule has 0 aliphatic carbocycles. The van der Waals surface area contributed by atoms with E-state index in [0.29, 0.717) is 18.5 Å². The average molecular weight is 256 g/mol. The zero-order chi connectivity index (χ0) is 12.9. The van der Waals surface area contributed by atoms with Crippen LogP contribution >= 0.6 is 7.60 Å². The van der Waals surface area contributed by atoms with E-state index in [1.807, 2.05) is 32.9 Å². The van der Waals surface area contributed by atoms with Crippen molar-refractivity contribution in [2.45, 2.75) is 34.1 Å². The van der Waals surface area contributed by atoms with Crippen molar-refractivity contribution in [3.8, 4) is 0 Å². The number of rotatable bonds is 6. The molecule has 0 saturated heterocycles. The minimum atomic E-state index is -3.14. The third-order valence-electron chi connectivity index (χ3n) is 2.44. The first-order valence-corrected chi connectivity index (χ1v) is 7.60. The first-order valence-electron chi connectivity index (χ1n) is 6.06. The van der Waals surface area contributed by atoms with Crippen molar-refractivity contribution in [1.29, 1.82) is 0 Å². The fraction of sp³-hybridized carbons (Fsp3) is 0.538. The van der Waals surface area contributed by atoms with Crippen LogP contribution < -0.4 is 5.30 Å². The van der Waals surface area contributed by atoms with Crippen LogP contribution in [0.25, 0.3) is 0 Å². The molecule has 0 N–H and O–H groups in total. The molecule has 3 nitrogen and oxygen atoms in total. The van der Waals surface area contributed by atoms with Crippen molar-refractivity contribution in [3.05, 3.63) is 29.3 Å². The predicted octanol–water partition coefficient (Wildman–Crippen LogP) is 3.45. The number of hydrogen-bond donors (Lipinski definition) is 0. The van der Waals surface area contributed by atoms with E-state index in [-0.39, 0.29) is 0 Å². The summed E-state index contributed by atoms with van der Waals surface area (Å²) in [5.41, 5.74) is 2.23. The minimum absolute atomic E-state index is 0.382. The van der Waals surface area contributed by atoms with Gasteiger partial charge in [0.15, 0.2) is 0 Å². The zero-order valence-corrected chi connectivity index (χ0v) is 11.9. The first-order chi connectivity index (χ1) is 8.05. The highest BCUT2D eigenvalue weighted by Gasteiger charge is 2.26. The second-order valence-corrected chi connectivity index (χ2v) is 5.89. The van der Waals surface area contributed by atoms with Gasteiger partial charge in [-0.05, 0) is 50.5 Å². The first kappa shape index (κ1) is 14.4. The molecule has 0 aliphatic heterocycles. The Morgan fingerprint density at radius 2 is 1.65 bits per heavy atom. The lowest BCUT2D eigenvalue weighted by atomic mass is 10.1. The van der Waals surface area contributed by atoms with Crippen molar-refractivity contribution < 1.29 is 13.6 Å². The van der Waals surface area contributed by atoms with Gasteiger partial charge in [0, 0.05) is 0 Å². The van der Waals surface area contributed by atoms with E-state index < -0.39 is 7.60 Å². The van der Waals surface area contributed by atoms with Gasteiger partial charge in [0.05, 0.1) is 18.5 Å². The lowest BCUT2D eigenvalue weighted by molar-refractivity contribution is 0.230. The molecule has 0 unspecified atom stereocenters. The Bertz CT molecular complexity index is 405. The maximum absolute atomic E-state index is 12.6. The second kappa shape index (κ2) is 6.34. The van der Waals surface area contributed by atoms with Crippen LogP contribution in [0.2, 0.25) is 0 Å². The predicted molar refractivity (Wildman–Crippen MR) is 71.0 cm³/mol. The van der Waals surface area contributed by atoms with Crippen LogP contribution in [0, 0.1) is 6.92 Å². The number of aryl methyl sites for hydroxylation is 2. The Morgan fingerprint density at radius 3 is 2.12 bits per heavy atom. The summed E-state index contributed by atoms with van der Waals surface area (Å²) in [7, 11) is -3.14. The zero-order valence-electron chi connectivity index (χ0n) is 11.0. The molecule has 0 amide bonds. The monoisotopic (exact) mass is 256 g/mol. The van der Waals surface area contributed by atoms with Crippen LogP contribution in [0.1, 0.15) is 31.9 Å². The number of benzene rings is 1. The maximum Gasteiger partial charge on any atom is 0.361 e. The maximum atomic E-state index is 12.6. The van der Waals surface area contributed by atoms with E-state index >= 15 is 0 Å². The molecule has 4 heteroatoms. The van der Waals surface area contributed by atoms with E-state index in [9.17, 15) is 4.57 Å². The van der Waals surface area contributed by atoms with Crippen molar-refractivity contribution >= 4 is 12.9 Å². The molecule has 0 radical (unpaired) electrons. The molecule has 1 rings (SSSR count). The van der Waals surface area contributed by atoms with Gasteiger partial charge < -0.3 is 9.05 Å². The highest BCUT2D eigenvalue weighted by molar-refractivity contribution is 7.62. The van der Waals surface area contributed by atoms with E-state index in [1.54, 1.807) is 0 Å². The lowest BCUT2D eigenvalue weighted by Crippen LogP contribution is -2.12. The Balaban J connectivity index is 3.18. The standard InChI is InChI=1S/C13H21O3P/c1-5-12-8-11(4)9-13(10-12)17(14,15-6-2)16-7-3/h8-10H,5-7H2,1-4H3. The van der Waals surface area contributed by atoms with Crippen molar-refractivity contribution in [3.63, 3.8) is 0 Å². The molecule has 0 heterocycles. The molecule has 0 aliphatic rings. The third-order valence-corrected chi connectivity index (χ3v) is 4.53. The molecule has 0 saturated carbocycles. The summed E-state index contributed by atoms with van der Waals surface area (Å²) in [6, 6.07) is 5.89. The van der Waals surface area contributed by atoms with Gasteiger partial charge in [-0.1, -0.05) is 13.0 Å². The van der Waals surface area contributed by atoms with Gasteiger partial charge in [-0.25, -0.2) is 0 Å². The fourth-order valence-electron chi connectivity index (χ4n) is 1.73. The topological polar surface area (TPSA) is 35.5 Å². The van der Waals surface area contributed by atoms with Crippen molar-refractivity contribution in [2.24, 2.45) is 0 Å². The molecular weight excluding hydrogens is 235 g/mol. The summed E-state index contributed by atoms with van der Waals surface area (Å²) in [6.07, 6.45) is 0.910. The van der Waals surface area contributed by atoms with Gasteiger partial charge in [-0.3, -0.25) is 4.57 Å². The highest BCUT2D eigenvalue weighted by atomic mass is 31.2. The van der Waals surface area contributed by atoms with Crippen molar-refractivity contribution in [1.82, 2.24) is 0 Å². The van der Waals surface area contributed by atoms with Crippen molar-refractivity contribution in [2.75, 3.05) is 13.2 Å². The largest absolute Gasteiger partial charge is 0.361 e. The summed E-state index contributed by atoms with van der Waals surface area (Å²) in [5, 5.41) is 0.665. The molecule has 1 aromatic carbocycles. The van der Waals surface area contributed by atoms with E-state index in [4.69, 9.17) is 9.05 Å². The van der Waals surface area contributed by atoms with Gasteiger partial charge in [-0.15, -0.1) is 0 Å². The fourth-order valence-corrected chi connectivity index (χ4v) is 3.47. The van der Waals surface area contributed by atoms with E-state index in [0.717, 1.165) is 17.5 Å².